The monoisotopic (exact) mass is 2040 g/mol. The zero-order chi connectivity index (χ0) is 99.8. The number of rotatable bonds is 17. The number of hydrogen-bond acceptors (Lipinski definition) is 34. The summed E-state index contributed by atoms with van der Waals surface area (Å²) in [5.41, 5.74) is 29.4. The molecule has 0 radical (unpaired) electrons. The number of aromatic nitrogens is 11. The maximum atomic E-state index is 11.6. The van der Waals surface area contributed by atoms with Crippen LogP contribution >= 0.6 is 0 Å². The number of ketones is 1. The molecule has 140 heavy (non-hydrogen) atoms. The van der Waals surface area contributed by atoms with Crippen LogP contribution in [-0.4, -0.2) is 169 Å². The Balaban J connectivity index is 0.000000283. The summed E-state index contributed by atoms with van der Waals surface area (Å²) >= 11 is -5.94. The van der Waals surface area contributed by atoms with Gasteiger partial charge in [-0.05, 0) is 254 Å². The largest absolute Gasteiger partial charge is 1.00 e. The minimum absolute atomic E-state index is 0. The van der Waals surface area contributed by atoms with Gasteiger partial charge in [0.05, 0.1) is 117 Å². The number of nitro groups is 3. The first kappa shape index (κ1) is 116. The quantitative estimate of drug-likeness (QED) is 0.0152. The van der Waals surface area contributed by atoms with Crippen molar-refractivity contribution >= 4 is 107 Å². The van der Waals surface area contributed by atoms with Crippen molar-refractivity contribution in [2.45, 2.75) is 34.1 Å². The van der Waals surface area contributed by atoms with Crippen molar-refractivity contribution in [2.24, 2.45) is 0 Å². The van der Waals surface area contributed by atoms with Gasteiger partial charge in [0.15, 0.2) is 18.4 Å². The fourth-order valence-corrected chi connectivity index (χ4v) is 12.7. The molecule has 0 spiro atoms. The van der Waals surface area contributed by atoms with E-state index in [4.69, 9.17) is 54.7 Å². The molecule has 39 nitrogen and oxygen atoms in total. The van der Waals surface area contributed by atoms with Crippen molar-refractivity contribution in [3.63, 3.8) is 0 Å². The maximum Gasteiger partial charge on any atom is 1.00 e. The molecule has 0 amide bonds. The second-order valence-electron chi connectivity index (χ2n) is 29.1. The van der Waals surface area contributed by atoms with Crippen LogP contribution in [-0.2, 0) is 9.47 Å². The van der Waals surface area contributed by atoms with Crippen LogP contribution in [0.3, 0.4) is 0 Å². The summed E-state index contributed by atoms with van der Waals surface area (Å²) < 4.78 is 49.2. The third-order valence-electron chi connectivity index (χ3n) is 19.0. The molecule has 0 aliphatic rings. The Kier molecular flexibility index (Phi) is 48.5. The van der Waals surface area contributed by atoms with Gasteiger partial charge in [0, 0.05) is 158 Å². The van der Waals surface area contributed by atoms with Crippen LogP contribution in [0.5, 0.6) is 5.75 Å². The average molecular weight is 2040 g/mol. The first-order valence-corrected chi connectivity index (χ1v) is 44.1. The molecule has 0 fully saturated rings. The van der Waals surface area contributed by atoms with E-state index in [1.165, 1.54) is 23.9 Å². The molecule has 6 aromatic carbocycles. The zero-order valence-corrected chi connectivity index (χ0v) is 85.3. The van der Waals surface area contributed by atoms with Crippen LogP contribution in [0.25, 0.3) is 117 Å². The van der Waals surface area contributed by atoms with E-state index in [9.17, 15) is 44.7 Å². The Morgan fingerprint density at radius 3 is 1.09 bits per heavy atom. The molecule has 17 aromatic rings. The normalized spacial score (nSPS) is 10.2. The fraction of sp³-hybridized carbons (Fsp3) is 0.122. The molecule has 708 valence electrons. The van der Waals surface area contributed by atoms with E-state index in [0.29, 0.717) is 78.3 Å². The summed E-state index contributed by atoms with van der Waals surface area (Å²) in [6.07, 6.45) is 25.0. The van der Waals surface area contributed by atoms with E-state index < -0.39 is 30.1 Å². The van der Waals surface area contributed by atoms with Gasteiger partial charge in [-0.25, -0.2) is 24.9 Å². The summed E-state index contributed by atoms with van der Waals surface area (Å²) in [5, 5.41) is 50.9. The van der Waals surface area contributed by atoms with E-state index in [1.54, 1.807) is 206 Å². The number of carbonyl (C=O) groups excluding carboxylic acids is 3. The van der Waals surface area contributed by atoms with E-state index in [0.717, 1.165) is 84.6 Å². The summed E-state index contributed by atoms with van der Waals surface area (Å²) in [4.78, 5) is 124. The molecule has 0 bridgehead atoms. The summed E-state index contributed by atoms with van der Waals surface area (Å²) in [7, 11) is 12.3. The standard InChI is InChI=1S/C18H16N4O2.C15H9N3O3.C15H11N3O2.C15H11N3O.C15H12N2.C8H11NO.C7H7NO.C5H13NO2.IO4.K.HNO3.Na.H2O/c1-21(2)11-9-13-5-7-17-15(18(13)22(23)24)6-8-16(20-17)14-4-3-10-19-12-14;19-9-11-3-5-14-12(15(11)18(20)21)4-6-13(17-14)10-2-1-7-16-8-10;1-10-4-6-14-12(15(10)18(19)20)5-7-13(17-14)11-3-2-8-16-9-11;16-15-11(9-19)3-5-14-12(15)4-6-13(18-14)10-2-1-7-17-8-10;1-11-4-6-14-12(9-11)5-7-15(17-14)13-3-2-8-16-10-13;1-6-3-4-7(9)8(5-6)10-2;1-6(9)7-3-2-4-8-5-7;1-6(2)5(7-3)8-4;2-1(3,4)5;;2-1(3)4;;/h3-12H,1-2H3;1-9H;2-9H,1H3;1-9H,16H2;2-10H,1H3;3-5H,9H2,1-2H3;2-5H,1H3;5H,1-4H3;;;(H,2,3,4);;1H2/q;;;;;;;;-1;+1;;+1;/p-1/b11-9+;;;;;;;;;;;;. The van der Waals surface area contributed by atoms with E-state index >= 15 is 0 Å². The number of carbonyl (C=O) groups is 3. The van der Waals surface area contributed by atoms with Crippen LogP contribution in [0, 0.1) is 61.2 Å². The Bertz CT molecular complexity index is 7000. The van der Waals surface area contributed by atoms with Crippen molar-refractivity contribution < 1.29 is 174 Å². The molecule has 0 aliphatic carbocycles. The van der Waals surface area contributed by atoms with E-state index in [2.05, 4.69) is 86.0 Å². The van der Waals surface area contributed by atoms with Gasteiger partial charge >= 0.3 is 80.9 Å². The number of pyridine rings is 11. The molecular formula is C98H92IKN19NaO20. The Labute approximate surface area is 873 Å². The number of anilines is 2. The van der Waals surface area contributed by atoms with Crippen LogP contribution in [0.1, 0.15) is 60.3 Å². The van der Waals surface area contributed by atoms with Crippen molar-refractivity contribution in [3.8, 4) is 62.0 Å². The maximum absolute atomic E-state index is 11.6. The van der Waals surface area contributed by atoms with Gasteiger partial charge in [0.2, 0.25) is 6.41 Å². The van der Waals surface area contributed by atoms with Crippen molar-refractivity contribution in [2.75, 3.05) is 61.0 Å². The minimum Gasteiger partial charge on any atom is -0.870 e. The number of methoxy groups -OCH3 is 3. The zero-order valence-electron chi connectivity index (χ0n) is 78.0. The third-order valence-corrected chi connectivity index (χ3v) is 19.0. The van der Waals surface area contributed by atoms with Gasteiger partial charge in [-0.2, -0.15) is 0 Å². The molecule has 11 aromatic heterocycles. The van der Waals surface area contributed by atoms with Crippen molar-refractivity contribution in [1.29, 1.82) is 0 Å². The van der Waals surface area contributed by atoms with Crippen LogP contribution < -0.4 is 131 Å². The smallest absolute Gasteiger partial charge is 0.870 e. The first-order valence-electron chi connectivity index (χ1n) is 40.6. The number of ether oxygens (including phenoxy) is 3. The molecule has 17 rings (SSSR count). The molecule has 11 heterocycles. The van der Waals surface area contributed by atoms with E-state index in [1.807, 2.05) is 142 Å². The predicted octanol–water partition coefficient (Wildman–Crippen LogP) is 5.29. The van der Waals surface area contributed by atoms with Gasteiger partial charge < -0.3 is 41.3 Å². The average Bonchev–Trinajstić information content (AvgIpc) is 0.853. The predicted molar refractivity (Wildman–Crippen MR) is 511 cm³/mol. The van der Waals surface area contributed by atoms with Gasteiger partial charge in [0.25, 0.3) is 22.1 Å². The second-order valence-corrected chi connectivity index (χ2v) is 31.3. The summed E-state index contributed by atoms with van der Waals surface area (Å²) in [6.45, 7) is 7.35. The number of nitro benzene ring substituents is 3. The summed E-state index contributed by atoms with van der Waals surface area (Å²) in [5.74, 6) is 0.808. The first-order chi connectivity index (χ1) is 65.5. The summed E-state index contributed by atoms with van der Waals surface area (Å²) in [6, 6.07) is 66.2. The van der Waals surface area contributed by atoms with Gasteiger partial charge in [-0.3, -0.25) is 93.3 Å². The number of nitrogens with two attached hydrogens (primary N) is 2. The van der Waals surface area contributed by atoms with E-state index in [-0.39, 0.29) is 131 Å². The number of hydrogen-bond donors (Lipinski definition) is 3. The Hall–Kier alpha value is -14.3. The molecule has 0 aliphatic heterocycles. The van der Waals surface area contributed by atoms with Crippen molar-refractivity contribution in [3.05, 3.63) is 378 Å². The SMILES string of the molecule is CC(=O)c1cccnc1.CN(C)/C=C/c1ccc2nc(-c3cccnc3)ccc2c1[N+](=O)[O-].COC(OC)N(C)C.COc1cc(C)ccc1N.Cc1ccc2nc(-c3cccnc3)ccc2c1.Cc1ccc2nc(-c3cccnc3)ccc2c1[N+](=O)[O-].Nc1c(C=O)ccc2nc(-c3cccnc3)ccc12.O=Cc1ccc2nc(-c3cccnc3)ccc2c1[N+](=O)[O-].O=[N+]([O-])O.[K+].[Na+].[O-][I+3]([O-])([O-])[O-].[OH-]. The molecule has 6 N–H and O–H groups in total. The third kappa shape index (κ3) is 35.9. The Morgan fingerprint density at radius 2 is 0.764 bits per heavy atom. The Morgan fingerprint density at radius 1 is 0.436 bits per heavy atom. The molecule has 0 saturated heterocycles. The molecule has 0 atom stereocenters. The second kappa shape index (κ2) is 58.4. The van der Waals surface area contributed by atoms with Crippen molar-refractivity contribution in [1.82, 2.24) is 64.6 Å². The van der Waals surface area contributed by atoms with Gasteiger partial charge in [0.1, 0.15) is 25.8 Å². The molecule has 0 saturated carbocycles. The van der Waals surface area contributed by atoms with Gasteiger partial charge in [-0.15, -0.1) is 10.1 Å². The molecule has 42 heteroatoms. The molecular weight excluding hydrogens is 1950 g/mol. The minimum atomic E-state index is -5.94. The van der Waals surface area contributed by atoms with Crippen LogP contribution in [0.2, 0.25) is 0 Å². The number of nitrogen functional groups attached to an aromatic ring is 2. The number of aldehydes is 2. The molecule has 0 unspecified atom stereocenters. The number of nitrogens with zero attached hydrogens (tertiary/aromatic N) is 17. The number of benzene rings is 6. The number of aryl methyl sites for hydroxylation is 3. The van der Waals surface area contributed by atoms with Gasteiger partial charge in [-0.1, -0.05) is 29.8 Å². The van der Waals surface area contributed by atoms with Crippen LogP contribution in [0.15, 0.2) is 299 Å². The van der Waals surface area contributed by atoms with Crippen LogP contribution in [0.4, 0.5) is 28.4 Å². The topological polar surface area (TPSA) is 594 Å². The fourth-order valence-electron chi connectivity index (χ4n) is 12.7. The number of fused-ring (bicyclic) bond motifs is 5. The number of halogens is 1. The number of Topliss-reactive ketones (excluding diaryl/α,β-unsaturated/α-hetero) is 1.